The maximum Gasteiger partial charge on any atom is 0.277 e. The second-order valence-corrected chi connectivity index (χ2v) is 5.91. The van der Waals surface area contributed by atoms with E-state index in [1.807, 2.05) is 18.2 Å². The molecule has 0 aliphatic rings. The quantitative estimate of drug-likeness (QED) is 0.568. The van der Waals surface area contributed by atoms with Crippen molar-refractivity contribution in [2.45, 2.75) is 13.5 Å². The molecule has 0 saturated heterocycles. The third kappa shape index (κ3) is 3.12. The minimum absolute atomic E-state index is 0.233. The van der Waals surface area contributed by atoms with Gasteiger partial charge >= 0.3 is 0 Å². The van der Waals surface area contributed by atoms with Crippen LogP contribution in [0, 0.1) is 0 Å². The van der Waals surface area contributed by atoms with Gasteiger partial charge in [-0.1, -0.05) is 0 Å². The maximum absolute atomic E-state index is 12.2. The van der Waals surface area contributed by atoms with Crippen LogP contribution in [0.5, 0.6) is 5.75 Å². The van der Waals surface area contributed by atoms with Gasteiger partial charge in [-0.05, 0) is 25.1 Å². The number of aryl methyl sites for hydroxylation is 1. The molecule has 8 nitrogen and oxygen atoms in total. The van der Waals surface area contributed by atoms with E-state index in [0.29, 0.717) is 5.82 Å². The van der Waals surface area contributed by atoms with Crippen molar-refractivity contribution in [2.24, 2.45) is 0 Å². The molecule has 0 radical (unpaired) electrons. The first-order valence-electron chi connectivity index (χ1n) is 8.50. The van der Waals surface area contributed by atoms with Crippen molar-refractivity contribution in [3.63, 3.8) is 0 Å². The largest absolute Gasteiger partial charge is 0.497 e. The number of H-pyrrole nitrogens is 1. The van der Waals surface area contributed by atoms with Crippen molar-refractivity contribution in [2.75, 3.05) is 12.4 Å². The number of benzene rings is 1. The maximum atomic E-state index is 12.2. The molecule has 3 heterocycles. The van der Waals surface area contributed by atoms with Crippen LogP contribution in [0.3, 0.4) is 0 Å². The summed E-state index contributed by atoms with van der Waals surface area (Å²) in [6, 6.07) is 9.85. The number of carbonyl (C=O) groups is 1. The predicted molar refractivity (Wildman–Crippen MR) is 102 cm³/mol. The molecule has 27 heavy (non-hydrogen) atoms. The molecule has 0 atom stereocenters. The summed E-state index contributed by atoms with van der Waals surface area (Å²) in [6.45, 7) is 2.86. The van der Waals surface area contributed by atoms with Gasteiger partial charge in [-0.2, -0.15) is 5.10 Å². The summed E-state index contributed by atoms with van der Waals surface area (Å²) >= 11 is 0. The fourth-order valence-electron chi connectivity index (χ4n) is 3.04. The number of fused-ring (bicyclic) bond motifs is 1. The van der Waals surface area contributed by atoms with Gasteiger partial charge in [-0.15, -0.1) is 0 Å². The third-order valence-corrected chi connectivity index (χ3v) is 4.32. The predicted octanol–water partition coefficient (Wildman–Crippen LogP) is 3.10. The Morgan fingerprint density at radius 2 is 2.15 bits per heavy atom. The number of anilines is 1. The minimum Gasteiger partial charge on any atom is -0.497 e. The van der Waals surface area contributed by atoms with E-state index in [-0.39, 0.29) is 11.6 Å². The van der Waals surface area contributed by atoms with E-state index in [4.69, 9.17) is 4.74 Å². The highest BCUT2D eigenvalue weighted by molar-refractivity contribution is 6.02. The van der Waals surface area contributed by atoms with E-state index < -0.39 is 0 Å². The van der Waals surface area contributed by atoms with Crippen LogP contribution in [0.25, 0.3) is 22.3 Å². The monoisotopic (exact) mass is 362 g/mol. The van der Waals surface area contributed by atoms with Gasteiger partial charge in [0.1, 0.15) is 11.4 Å². The normalized spacial score (nSPS) is 10.9. The summed E-state index contributed by atoms with van der Waals surface area (Å²) < 4.78 is 7.50. The van der Waals surface area contributed by atoms with Gasteiger partial charge in [0.05, 0.1) is 30.2 Å². The Kier molecular flexibility index (Phi) is 4.29. The fourth-order valence-corrected chi connectivity index (χ4v) is 3.04. The van der Waals surface area contributed by atoms with Gasteiger partial charge in [0.15, 0.2) is 5.82 Å². The van der Waals surface area contributed by atoms with Gasteiger partial charge in [0.2, 0.25) is 0 Å². The average Bonchev–Trinajstić information content (AvgIpc) is 3.31. The highest BCUT2D eigenvalue weighted by atomic mass is 16.5. The van der Waals surface area contributed by atoms with Gasteiger partial charge in [0.25, 0.3) is 5.91 Å². The first-order chi connectivity index (χ1) is 13.2. The lowest BCUT2D eigenvalue weighted by molar-refractivity contribution is 0.102. The van der Waals surface area contributed by atoms with E-state index in [9.17, 15) is 4.79 Å². The molecule has 136 valence electrons. The molecular weight excluding hydrogens is 344 g/mol. The number of methoxy groups -OCH3 is 1. The Labute approximate surface area is 155 Å². The molecule has 3 aromatic heterocycles. The molecule has 4 aromatic rings. The van der Waals surface area contributed by atoms with Crippen LogP contribution in [0.4, 0.5) is 5.82 Å². The van der Waals surface area contributed by atoms with Crippen LogP contribution < -0.4 is 10.1 Å². The van der Waals surface area contributed by atoms with Gasteiger partial charge in [0, 0.05) is 36.5 Å². The molecule has 2 N–H and O–H groups in total. The van der Waals surface area contributed by atoms with Crippen molar-refractivity contribution in [1.82, 2.24) is 24.7 Å². The third-order valence-electron chi connectivity index (χ3n) is 4.32. The van der Waals surface area contributed by atoms with Gasteiger partial charge in [-0.25, -0.2) is 4.98 Å². The van der Waals surface area contributed by atoms with E-state index in [0.717, 1.165) is 34.6 Å². The molecular formula is C19H18N6O2. The molecule has 4 rings (SSSR count). The molecule has 0 aliphatic heterocycles. The van der Waals surface area contributed by atoms with Crippen molar-refractivity contribution in [1.29, 1.82) is 0 Å². The molecule has 0 bridgehead atoms. The van der Waals surface area contributed by atoms with Crippen molar-refractivity contribution in [3.8, 4) is 17.1 Å². The topological polar surface area (TPSA) is 97.7 Å². The van der Waals surface area contributed by atoms with E-state index in [1.54, 1.807) is 13.2 Å². The van der Waals surface area contributed by atoms with Crippen molar-refractivity contribution >= 4 is 22.6 Å². The lowest BCUT2D eigenvalue weighted by atomic mass is 10.2. The van der Waals surface area contributed by atoms with Gasteiger partial charge in [-0.3, -0.25) is 14.9 Å². The summed E-state index contributed by atoms with van der Waals surface area (Å²) in [7, 11) is 1.66. The zero-order valence-corrected chi connectivity index (χ0v) is 14.9. The smallest absolute Gasteiger partial charge is 0.277 e. The Morgan fingerprint density at radius 3 is 2.89 bits per heavy atom. The summed E-state index contributed by atoms with van der Waals surface area (Å²) in [4.78, 5) is 20.1. The number of aromatic nitrogens is 5. The van der Waals surface area contributed by atoms with Crippen LogP contribution >= 0.6 is 0 Å². The Hall–Kier alpha value is -3.68. The Morgan fingerprint density at radius 1 is 1.26 bits per heavy atom. The fraction of sp³-hybridized carbons (Fsp3) is 0.158. The molecule has 0 fully saturated rings. The number of nitrogens with zero attached hydrogens (tertiary/aromatic N) is 4. The first-order valence-corrected chi connectivity index (χ1v) is 8.50. The summed E-state index contributed by atoms with van der Waals surface area (Å²) in [5.41, 5.74) is 3.10. The van der Waals surface area contributed by atoms with Crippen LogP contribution in [-0.2, 0) is 6.54 Å². The first kappa shape index (κ1) is 16.8. The number of aromatic amines is 1. The lowest BCUT2D eigenvalue weighted by Crippen LogP contribution is -2.13. The number of hydrogen-bond donors (Lipinski definition) is 2. The Bertz CT molecular complexity index is 1100. The summed E-state index contributed by atoms with van der Waals surface area (Å²) in [5, 5.41) is 11.0. The standard InChI is InChI=1S/C19H18N6O2/c1-3-25-16-9-13(27-2)5-4-12(16)8-17(25)14-10-18(24-23-14)22-19(26)15-11-20-6-7-21-15/h4-11H,3H2,1-2H3,(H2,22,23,24,26). The van der Waals surface area contributed by atoms with E-state index in [2.05, 4.69) is 43.0 Å². The lowest BCUT2D eigenvalue weighted by Gasteiger charge is -2.07. The number of carbonyl (C=O) groups excluding carboxylic acids is 1. The minimum atomic E-state index is -0.359. The Balaban J connectivity index is 1.66. The highest BCUT2D eigenvalue weighted by Crippen LogP contribution is 2.30. The molecule has 0 saturated carbocycles. The second-order valence-electron chi connectivity index (χ2n) is 5.91. The van der Waals surface area contributed by atoms with Crippen LogP contribution in [0.15, 0.2) is 48.9 Å². The number of ether oxygens (including phenoxy) is 1. The molecule has 8 heteroatoms. The molecule has 1 amide bonds. The van der Waals surface area contributed by atoms with Crippen LogP contribution in [-0.4, -0.2) is 37.7 Å². The summed E-state index contributed by atoms with van der Waals surface area (Å²) in [5.74, 6) is 0.872. The SMILES string of the molecule is CCn1c(-c2cc(NC(=O)c3cnccn3)n[nH]2)cc2ccc(OC)cc21. The zero-order valence-electron chi connectivity index (χ0n) is 14.9. The number of rotatable bonds is 5. The number of hydrogen-bond acceptors (Lipinski definition) is 5. The molecule has 0 unspecified atom stereocenters. The number of amides is 1. The average molecular weight is 362 g/mol. The number of nitrogens with one attached hydrogen (secondary N) is 2. The van der Waals surface area contributed by atoms with E-state index in [1.165, 1.54) is 18.6 Å². The zero-order chi connectivity index (χ0) is 18.8. The van der Waals surface area contributed by atoms with Crippen molar-refractivity contribution in [3.05, 3.63) is 54.6 Å². The van der Waals surface area contributed by atoms with Crippen LogP contribution in [0.1, 0.15) is 17.4 Å². The second kappa shape index (κ2) is 6.91. The molecule has 0 aliphatic carbocycles. The molecule has 0 spiro atoms. The van der Waals surface area contributed by atoms with Crippen LogP contribution in [0.2, 0.25) is 0 Å². The van der Waals surface area contributed by atoms with Gasteiger partial charge < -0.3 is 14.6 Å². The summed E-state index contributed by atoms with van der Waals surface area (Å²) in [6.07, 6.45) is 4.39. The van der Waals surface area contributed by atoms with E-state index >= 15 is 0 Å². The van der Waals surface area contributed by atoms with Crippen molar-refractivity contribution < 1.29 is 9.53 Å². The highest BCUT2D eigenvalue weighted by Gasteiger charge is 2.15. The molecule has 1 aromatic carbocycles.